The molecule has 0 aliphatic carbocycles. The summed E-state index contributed by atoms with van der Waals surface area (Å²) in [4.78, 5) is 12.7. The van der Waals surface area contributed by atoms with E-state index in [4.69, 9.17) is 9.84 Å². The fourth-order valence-electron chi connectivity index (χ4n) is 2.99. The van der Waals surface area contributed by atoms with Gasteiger partial charge >= 0.3 is 0 Å². The lowest BCUT2D eigenvalue weighted by Gasteiger charge is -2.16. The second-order valence-electron chi connectivity index (χ2n) is 6.38. The fourth-order valence-corrected chi connectivity index (χ4v) is 2.99. The third-order valence-corrected chi connectivity index (χ3v) is 4.30. The molecule has 3 heterocycles. The molecule has 1 unspecified atom stereocenters. The lowest BCUT2D eigenvalue weighted by atomic mass is 10.1. The van der Waals surface area contributed by atoms with Crippen molar-refractivity contribution in [3.05, 3.63) is 24.3 Å². The molecule has 1 aliphatic rings. The molecule has 5 atom stereocenters. The van der Waals surface area contributed by atoms with Crippen molar-refractivity contribution in [1.82, 2.24) is 19.5 Å². The van der Waals surface area contributed by atoms with Crippen LogP contribution in [-0.4, -0.2) is 77.5 Å². The third-order valence-electron chi connectivity index (χ3n) is 4.30. The summed E-state index contributed by atoms with van der Waals surface area (Å²) < 4.78 is 7.04. The molecule has 1 saturated heterocycles. The minimum atomic E-state index is -1.22. The van der Waals surface area contributed by atoms with Crippen molar-refractivity contribution in [1.29, 1.82) is 0 Å². The molecule has 10 heteroatoms. The van der Waals surface area contributed by atoms with Gasteiger partial charge in [-0.2, -0.15) is 0 Å². The predicted molar refractivity (Wildman–Crippen MR) is 92.3 cm³/mol. The molecule has 0 aromatic carbocycles. The number of rotatable bonds is 6. The molecule has 1 aliphatic heterocycles. The standard InChI is InChI=1S/C16H23N5O5/c1-8(4-22)3-9(2)20-14-11-15(18-6-17-14)21(7-19-11)16-13(25)12(24)10(5-23)26-16/h3,6-7,9-10,12-13,16,22-25H,4-5H2,1-2H3,(H,17,18,20)/b8-3-/t9?,10-,12-,13-,16-/m1/s1. The first-order chi connectivity index (χ1) is 12.5. The molecule has 0 radical (unpaired) electrons. The number of aromatic nitrogens is 4. The normalized spacial score (nSPS) is 27.8. The maximum Gasteiger partial charge on any atom is 0.167 e. The zero-order chi connectivity index (χ0) is 18.8. The fraction of sp³-hybridized carbons (Fsp3) is 0.562. The van der Waals surface area contributed by atoms with E-state index in [1.807, 2.05) is 19.9 Å². The van der Waals surface area contributed by atoms with Gasteiger partial charge in [-0.05, 0) is 13.8 Å². The molecule has 2 aromatic heterocycles. The Morgan fingerprint density at radius 2 is 2.08 bits per heavy atom. The van der Waals surface area contributed by atoms with Crippen LogP contribution < -0.4 is 5.32 Å². The van der Waals surface area contributed by atoms with E-state index in [2.05, 4.69) is 20.3 Å². The third kappa shape index (κ3) is 3.41. The van der Waals surface area contributed by atoms with Gasteiger partial charge in [-0.15, -0.1) is 0 Å². The molecule has 142 valence electrons. The number of fused-ring (bicyclic) bond motifs is 1. The summed E-state index contributed by atoms with van der Waals surface area (Å²) in [5.41, 5.74) is 1.73. The van der Waals surface area contributed by atoms with Crippen molar-refractivity contribution in [2.75, 3.05) is 18.5 Å². The number of hydrogen-bond acceptors (Lipinski definition) is 9. The molecule has 3 rings (SSSR count). The molecule has 26 heavy (non-hydrogen) atoms. The van der Waals surface area contributed by atoms with Gasteiger partial charge in [0.2, 0.25) is 0 Å². The molecule has 0 spiro atoms. The van der Waals surface area contributed by atoms with Gasteiger partial charge in [-0.25, -0.2) is 15.0 Å². The lowest BCUT2D eigenvalue weighted by Crippen LogP contribution is -2.33. The molecule has 0 bridgehead atoms. The van der Waals surface area contributed by atoms with Crippen LogP contribution >= 0.6 is 0 Å². The van der Waals surface area contributed by atoms with Gasteiger partial charge in [0.05, 0.1) is 19.5 Å². The molecule has 2 aromatic rings. The van der Waals surface area contributed by atoms with Gasteiger partial charge in [-0.1, -0.05) is 11.6 Å². The molecular formula is C16H23N5O5. The molecule has 10 nitrogen and oxygen atoms in total. The Bertz CT molecular complexity index is 794. The molecule has 0 saturated carbocycles. The van der Waals surface area contributed by atoms with Crippen LogP contribution in [0.2, 0.25) is 0 Å². The molecular weight excluding hydrogens is 342 g/mol. The zero-order valence-electron chi connectivity index (χ0n) is 14.5. The number of ether oxygens (including phenoxy) is 1. The van der Waals surface area contributed by atoms with E-state index in [0.717, 1.165) is 5.57 Å². The summed E-state index contributed by atoms with van der Waals surface area (Å²) in [5.74, 6) is 0.495. The van der Waals surface area contributed by atoms with E-state index in [1.165, 1.54) is 17.2 Å². The van der Waals surface area contributed by atoms with Crippen LogP contribution in [0.4, 0.5) is 5.82 Å². The van der Waals surface area contributed by atoms with Gasteiger partial charge in [0.25, 0.3) is 0 Å². The van der Waals surface area contributed by atoms with E-state index >= 15 is 0 Å². The van der Waals surface area contributed by atoms with E-state index in [1.54, 1.807) is 0 Å². The first-order valence-corrected chi connectivity index (χ1v) is 8.31. The van der Waals surface area contributed by atoms with Gasteiger partial charge in [0.15, 0.2) is 23.2 Å². The van der Waals surface area contributed by atoms with Crippen LogP contribution in [0.5, 0.6) is 0 Å². The van der Waals surface area contributed by atoms with Crippen molar-refractivity contribution in [3.63, 3.8) is 0 Å². The first kappa shape index (κ1) is 18.7. The number of anilines is 1. The van der Waals surface area contributed by atoms with E-state index in [0.29, 0.717) is 17.0 Å². The number of nitrogens with one attached hydrogen (secondary N) is 1. The second kappa shape index (κ2) is 7.64. The van der Waals surface area contributed by atoms with Crippen molar-refractivity contribution in [3.8, 4) is 0 Å². The summed E-state index contributed by atoms with van der Waals surface area (Å²) in [6, 6.07) is -0.0979. The Kier molecular flexibility index (Phi) is 5.49. The molecule has 0 amide bonds. The minimum absolute atomic E-state index is 0.0227. The monoisotopic (exact) mass is 365 g/mol. The Labute approximate surface area is 149 Å². The molecule has 1 fully saturated rings. The van der Waals surface area contributed by atoms with E-state index < -0.39 is 31.1 Å². The van der Waals surface area contributed by atoms with Crippen LogP contribution in [0.1, 0.15) is 20.1 Å². The topological polar surface area (TPSA) is 146 Å². The number of imidazole rings is 1. The highest BCUT2D eigenvalue weighted by Gasteiger charge is 2.44. The Hall–Kier alpha value is -2.11. The van der Waals surface area contributed by atoms with Gasteiger partial charge in [0, 0.05) is 6.04 Å². The zero-order valence-corrected chi connectivity index (χ0v) is 14.5. The van der Waals surface area contributed by atoms with Crippen LogP contribution in [0.15, 0.2) is 24.3 Å². The number of aliphatic hydroxyl groups excluding tert-OH is 4. The van der Waals surface area contributed by atoms with Crippen molar-refractivity contribution >= 4 is 17.0 Å². The van der Waals surface area contributed by atoms with Gasteiger partial charge < -0.3 is 30.5 Å². The number of nitrogens with zero attached hydrogens (tertiary/aromatic N) is 4. The second-order valence-corrected chi connectivity index (χ2v) is 6.38. The van der Waals surface area contributed by atoms with Gasteiger partial charge in [0.1, 0.15) is 24.6 Å². The summed E-state index contributed by atoms with van der Waals surface area (Å²) >= 11 is 0. The highest BCUT2D eigenvalue weighted by molar-refractivity contribution is 5.82. The van der Waals surface area contributed by atoms with Crippen molar-refractivity contribution < 1.29 is 25.2 Å². The minimum Gasteiger partial charge on any atom is -0.394 e. The van der Waals surface area contributed by atoms with Crippen LogP contribution in [0, 0.1) is 0 Å². The summed E-state index contributed by atoms with van der Waals surface area (Å²) in [5, 5.41) is 41.7. The lowest BCUT2D eigenvalue weighted by molar-refractivity contribution is -0.0511. The summed E-state index contributed by atoms with van der Waals surface area (Å²) in [7, 11) is 0. The SMILES string of the molecule is C/C(=C/C(C)Nc1ncnc2c1ncn2[C@@H]1O[C@H](CO)[C@@H](O)[C@H]1O)CO. The Morgan fingerprint density at radius 1 is 1.31 bits per heavy atom. The average Bonchev–Trinajstić information content (AvgIpc) is 3.17. The van der Waals surface area contributed by atoms with Crippen molar-refractivity contribution in [2.45, 2.75) is 44.4 Å². The van der Waals surface area contributed by atoms with E-state index in [-0.39, 0.29) is 12.6 Å². The van der Waals surface area contributed by atoms with E-state index in [9.17, 15) is 15.3 Å². The number of hydrogen-bond donors (Lipinski definition) is 5. The summed E-state index contributed by atoms with van der Waals surface area (Å²) in [6.07, 6.45) is 0.474. The van der Waals surface area contributed by atoms with Crippen LogP contribution in [-0.2, 0) is 4.74 Å². The highest BCUT2D eigenvalue weighted by Crippen LogP contribution is 2.32. The first-order valence-electron chi connectivity index (χ1n) is 8.31. The smallest absolute Gasteiger partial charge is 0.167 e. The Morgan fingerprint density at radius 3 is 2.73 bits per heavy atom. The van der Waals surface area contributed by atoms with Crippen molar-refractivity contribution in [2.24, 2.45) is 0 Å². The molecule has 5 N–H and O–H groups in total. The summed E-state index contributed by atoms with van der Waals surface area (Å²) in [6.45, 7) is 3.31. The number of aliphatic hydroxyl groups is 4. The largest absolute Gasteiger partial charge is 0.394 e. The Balaban J connectivity index is 1.90. The maximum atomic E-state index is 10.2. The van der Waals surface area contributed by atoms with Gasteiger partial charge in [-0.3, -0.25) is 4.57 Å². The van der Waals surface area contributed by atoms with Crippen LogP contribution in [0.3, 0.4) is 0 Å². The average molecular weight is 365 g/mol. The maximum absolute atomic E-state index is 10.2. The highest BCUT2D eigenvalue weighted by atomic mass is 16.6. The van der Waals surface area contributed by atoms with Crippen LogP contribution in [0.25, 0.3) is 11.2 Å². The quantitative estimate of drug-likeness (QED) is 0.414. The predicted octanol–water partition coefficient (Wildman–Crippen LogP) is -0.823.